The number of hydrogen-bond donors (Lipinski definition) is 2. The minimum absolute atomic E-state index is 0.0691. The highest BCUT2D eigenvalue weighted by Gasteiger charge is 2.21. The lowest BCUT2D eigenvalue weighted by molar-refractivity contribution is -0.120. The maximum atomic E-state index is 12.4. The quantitative estimate of drug-likeness (QED) is 0.489. The third kappa shape index (κ3) is 4.08. The van der Waals surface area contributed by atoms with Gasteiger partial charge in [0.1, 0.15) is 0 Å². The van der Waals surface area contributed by atoms with Crippen LogP contribution in [-0.4, -0.2) is 32.6 Å². The number of amides is 1. The molecule has 0 saturated carbocycles. The second-order valence-electron chi connectivity index (χ2n) is 5.97. The Bertz CT molecular complexity index is 848. The lowest BCUT2D eigenvalue weighted by Crippen LogP contribution is -2.33. The van der Waals surface area contributed by atoms with Crippen LogP contribution in [0.4, 0.5) is 0 Å². The molecule has 0 fully saturated rings. The first kappa shape index (κ1) is 18.1. The number of furan rings is 1. The standard InChI is InChI=1S/C18H21N5O2S/c1-12(14-7-4-3-5-8-14)11-20-17(24)13(2)26-18-22-21-16(23(18)19)15-9-6-10-25-15/h3-10,12-13H,11,19H2,1-2H3,(H,20,24). The molecule has 3 rings (SSSR count). The van der Waals surface area contributed by atoms with E-state index in [0.29, 0.717) is 23.3 Å². The Labute approximate surface area is 156 Å². The molecule has 7 nitrogen and oxygen atoms in total. The van der Waals surface area contributed by atoms with Crippen molar-refractivity contribution in [1.29, 1.82) is 0 Å². The molecule has 3 aromatic rings. The number of aromatic nitrogens is 3. The monoisotopic (exact) mass is 371 g/mol. The molecule has 1 aromatic carbocycles. The third-order valence-electron chi connectivity index (χ3n) is 4.01. The van der Waals surface area contributed by atoms with E-state index in [4.69, 9.17) is 10.3 Å². The molecule has 0 saturated heterocycles. The van der Waals surface area contributed by atoms with E-state index >= 15 is 0 Å². The molecule has 136 valence electrons. The van der Waals surface area contributed by atoms with Crippen LogP contribution < -0.4 is 11.2 Å². The van der Waals surface area contributed by atoms with Gasteiger partial charge in [0.05, 0.1) is 11.5 Å². The zero-order valence-corrected chi connectivity index (χ0v) is 15.4. The normalized spacial score (nSPS) is 13.3. The summed E-state index contributed by atoms with van der Waals surface area (Å²) in [6, 6.07) is 13.6. The third-order valence-corrected chi connectivity index (χ3v) is 5.07. The van der Waals surface area contributed by atoms with Gasteiger partial charge in [-0.05, 0) is 30.5 Å². The Morgan fingerprint density at radius 2 is 2.00 bits per heavy atom. The molecule has 2 atom stereocenters. The van der Waals surface area contributed by atoms with E-state index < -0.39 is 0 Å². The number of carbonyl (C=O) groups is 1. The summed E-state index contributed by atoms with van der Waals surface area (Å²) in [4.78, 5) is 12.4. The van der Waals surface area contributed by atoms with E-state index in [-0.39, 0.29) is 17.1 Å². The number of thioether (sulfide) groups is 1. The van der Waals surface area contributed by atoms with Crippen LogP contribution in [0.15, 0.2) is 58.3 Å². The molecule has 2 aromatic heterocycles. The number of nitrogens with zero attached hydrogens (tertiary/aromatic N) is 3. The van der Waals surface area contributed by atoms with E-state index in [1.807, 2.05) is 25.1 Å². The van der Waals surface area contributed by atoms with E-state index in [0.717, 1.165) is 0 Å². The number of nitrogen functional groups attached to an aromatic ring is 1. The summed E-state index contributed by atoms with van der Waals surface area (Å²) >= 11 is 1.25. The molecule has 2 heterocycles. The number of rotatable bonds is 7. The molecule has 2 unspecified atom stereocenters. The molecule has 0 radical (unpaired) electrons. The Morgan fingerprint density at radius 3 is 2.69 bits per heavy atom. The predicted octanol–water partition coefficient (Wildman–Crippen LogP) is 2.65. The van der Waals surface area contributed by atoms with Crippen molar-refractivity contribution in [1.82, 2.24) is 20.2 Å². The summed E-state index contributed by atoms with van der Waals surface area (Å²) in [6.45, 7) is 4.47. The Kier molecular flexibility index (Phi) is 5.62. The van der Waals surface area contributed by atoms with Gasteiger partial charge in [0, 0.05) is 6.54 Å². The maximum absolute atomic E-state index is 12.4. The summed E-state index contributed by atoms with van der Waals surface area (Å²) < 4.78 is 6.61. The summed E-state index contributed by atoms with van der Waals surface area (Å²) in [5.74, 6) is 7.14. The van der Waals surface area contributed by atoms with Gasteiger partial charge < -0.3 is 15.6 Å². The van der Waals surface area contributed by atoms with Crippen LogP contribution in [-0.2, 0) is 4.79 Å². The first-order chi connectivity index (χ1) is 12.6. The van der Waals surface area contributed by atoms with Crippen LogP contribution >= 0.6 is 11.8 Å². The smallest absolute Gasteiger partial charge is 0.233 e. The van der Waals surface area contributed by atoms with E-state index in [1.54, 1.807) is 18.4 Å². The van der Waals surface area contributed by atoms with Crippen molar-refractivity contribution in [3.05, 3.63) is 54.3 Å². The molecular formula is C18H21N5O2S. The number of nitrogens with two attached hydrogens (primary N) is 1. The molecule has 0 spiro atoms. The molecule has 8 heteroatoms. The lowest BCUT2D eigenvalue weighted by atomic mass is 10.0. The van der Waals surface area contributed by atoms with Crippen LogP contribution in [0.3, 0.4) is 0 Å². The van der Waals surface area contributed by atoms with Crippen LogP contribution in [0.25, 0.3) is 11.6 Å². The Morgan fingerprint density at radius 1 is 1.23 bits per heavy atom. The number of benzene rings is 1. The van der Waals surface area contributed by atoms with Gasteiger partial charge in [0.15, 0.2) is 5.76 Å². The topological polar surface area (TPSA) is 99.0 Å². The highest BCUT2D eigenvalue weighted by molar-refractivity contribution is 8.00. The van der Waals surface area contributed by atoms with Crippen molar-refractivity contribution in [2.45, 2.75) is 30.2 Å². The highest BCUT2D eigenvalue weighted by atomic mass is 32.2. The maximum Gasteiger partial charge on any atom is 0.233 e. The summed E-state index contributed by atoms with van der Waals surface area (Å²) in [5.41, 5.74) is 1.19. The highest BCUT2D eigenvalue weighted by Crippen LogP contribution is 2.25. The van der Waals surface area contributed by atoms with Crippen molar-refractivity contribution in [3.63, 3.8) is 0 Å². The second-order valence-corrected chi connectivity index (χ2v) is 7.28. The minimum Gasteiger partial charge on any atom is -0.461 e. The molecule has 0 aliphatic carbocycles. The first-order valence-electron chi connectivity index (χ1n) is 8.30. The summed E-state index contributed by atoms with van der Waals surface area (Å²) in [6.07, 6.45) is 1.54. The Balaban J connectivity index is 1.56. The van der Waals surface area contributed by atoms with Crippen molar-refractivity contribution >= 4 is 17.7 Å². The van der Waals surface area contributed by atoms with Gasteiger partial charge in [-0.25, -0.2) is 4.68 Å². The average Bonchev–Trinajstić information content (AvgIpc) is 3.30. The van der Waals surface area contributed by atoms with Crippen molar-refractivity contribution < 1.29 is 9.21 Å². The number of hydrogen-bond acceptors (Lipinski definition) is 6. The van der Waals surface area contributed by atoms with E-state index in [1.165, 1.54) is 22.0 Å². The molecule has 3 N–H and O–H groups in total. The van der Waals surface area contributed by atoms with E-state index in [9.17, 15) is 4.79 Å². The molecular weight excluding hydrogens is 350 g/mol. The fourth-order valence-corrected chi connectivity index (χ4v) is 3.23. The van der Waals surface area contributed by atoms with Crippen LogP contribution in [0.2, 0.25) is 0 Å². The number of carbonyl (C=O) groups excluding carboxylic acids is 1. The van der Waals surface area contributed by atoms with Gasteiger partial charge in [0.2, 0.25) is 16.9 Å². The van der Waals surface area contributed by atoms with Gasteiger partial charge in [-0.2, -0.15) is 0 Å². The summed E-state index contributed by atoms with van der Waals surface area (Å²) in [7, 11) is 0. The lowest BCUT2D eigenvalue weighted by Gasteiger charge is -2.15. The van der Waals surface area contributed by atoms with Crippen molar-refractivity contribution in [2.24, 2.45) is 0 Å². The van der Waals surface area contributed by atoms with Gasteiger partial charge in [-0.3, -0.25) is 4.79 Å². The van der Waals surface area contributed by atoms with Crippen LogP contribution in [0.1, 0.15) is 25.3 Å². The predicted molar refractivity (Wildman–Crippen MR) is 101 cm³/mol. The molecule has 26 heavy (non-hydrogen) atoms. The first-order valence-corrected chi connectivity index (χ1v) is 9.18. The SMILES string of the molecule is CC(Sc1nnc(-c2ccco2)n1N)C(=O)NCC(C)c1ccccc1. The molecule has 1 amide bonds. The van der Waals surface area contributed by atoms with Crippen LogP contribution in [0, 0.1) is 0 Å². The zero-order chi connectivity index (χ0) is 18.5. The molecule has 0 aliphatic rings. The van der Waals surface area contributed by atoms with Gasteiger partial charge >= 0.3 is 0 Å². The van der Waals surface area contributed by atoms with Crippen molar-refractivity contribution in [3.8, 4) is 11.6 Å². The van der Waals surface area contributed by atoms with E-state index in [2.05, 4.69) is 34.6 Å². The fourth-order valence-electron chi connectivity index (χ4n) is 2.44. The van der Waals surface area contributed by atoms with Crippen molar-refractivity contribution in [2.75, 3.05) is 12.4 Å². The van der Waals surface area contributed by atoms with Gasteiger partial charge in [-0.1, -0.05) is 49.0 Å². The number of nitrogens with one attached hydrogen (secondary N) is 1. The van der Waals surface area contributed by atoms with Crippen LogP contribution in [0.5, 0.6) is 0 Å². The largest absolute Gasteiger partial charge is 0.461 e. The fraction of sp³-hybridized carbons (Fsp3) is 0.278. The average molecular weight is 371 g/mol. The molecule has 0 bridgehead atoms. The van der Waals surface area contributed by atoms with Gasteiger partial charge in [0.25, 0.3) is 0 Å². The van der Waals surface area contributed by atoms with Gasteiger partial charge in [-0.15, -0.1) is 10.2 Å². The summed E-state index contributed by atoms with van der Waals surface area (Å²) in [5, 5.41) is 11.2. The minimum atomic E-state index is -0.353. The molecule has 0 aliphatic heterocycles. The second kappa shape index (κ2) is 8.09. The Hall–Kier alpha value is -2.74. The zero-order valence-electron chi connectivity index (χ0n) is 14.6.